The van der Waals surface area contributed by atoms with Crippen molar-refractivity contribution in [2.75, 3.05) is 39.3 Å². The van der Waals surface area contributed by atoms with Crippen LogP contribution in [0.1, 0.15) is 31.7 Å². The second-order valence-corrected chi connectivity index (χ2v) is 6.28. The number of benzene rings is 1. The zero-order chi connectivity index (χ0) is 17.0. The van der Waals surface area contributed by atoms with Crippen molar-refractivity contribution < 1.29 is 9.53 Å². The zero-order valence-electron chi connectivity index (χ0n) is 14.8. The smallest absolute Gasteiger partial charge is 0.306 e. The number of carbonyl (C=O) groups is 1. The molecule has 0 aromatic heterocycles. The highest BCUT2D eigenvalue weighted by Gasteiger charge is 2.18. The van der Waals surface area contributed by atoms with Crippen LogP contribution in [-0.2, 0) is 16.1 Å². The average molecular weight is 333 g/mol. The highest BCUT2D eigenvalue weighted by molar-refractivity contribution is 5.69. The summed E-state index contributed by atoms with van der Waals surface area (Å²) >= 11 is 0. The lowest BCUT2D eigenvalue weighted by atomic mass is 10.1. The van der Waals surface area contributed by atoms with Gasteiger partial charge in [0.05, 0.1) is 0 Å². The standard InChI is InChI=1S/C19H31N3O2/c1-2-18(22-14-12-20-10-11-21-13-15-22)8-9-19(23)24-16-17-6-4-3-5-7-17/h3-7,18,20-21H,2,8-16H2,1H3. The van der Waals surface area contributed by atoms with E-state index in [9.17, 15) is 4.79 Å². The molecule has 5 heteroatoms. The minimum atomic E-state index is -0.0992. The van der Waals surface area contributed by atoms with Crippen LogP contribution in [-0.4, -0.2) is 56.2 Å². The van der Waals surface area contributed by atoms with E-state index >= 15 is 0 Å². The first kappa shape index (κ1) is 18.9. The normalized spacial score (nSPS) is 18.2. The second kappa shape index (κ2) is 11.2. The van der Waals surface area contributed by atoms with Crippen LogP contribution in [0.3, 0.4) is 0 Å². The van der Waals surface area contributed by atoms with Crippen LogP contribution in [0.5, 0.6) is 0 Å². The Labute approximate surface area is 145 Å². The number of nitrogens with zero attached hydrogens (tertiary/aromatic N) is 1. The Bertz CT molecular complexity index is 457. The molecule has 24 heavy (non-hydrogen) atoms. The van der Waals surface area contributed by atoms with Crippen molar-refractivity contribution in [2.45, 2.75) is 38.8 Å². The van der Waals surface area contributed by atoms with Crippen LogP contribution in [0.4, 0.5) is 0 Å². The molecule has 1 unspecified atom stereocenters. The van der Waals surface area contributed by atoms with E-state index in [0.717, 1.165) is 57.7 Å². The molecule has 134 valence electrons. The zero-order valence-corrected chi connectivity index (χ0v) is 14.8. The molecule has 1 aromatic carbocycles. The van der Waals surface area contributed by atoms with E-state index in [2.05, 4.69) is 22.5 Å². The molecule has 1 atom stereocenters. The molecule has 0 amide bonds. The topological polar surface area (TPSA) is 53.6 Å². The fourth-order valence-corrected chi connectivity index (χ4v) is 3.09. The van der Waals surface area contributed by atoms with Gasteiger partial charge in [-0.2, -0.15) is 0 Å². The summed E-state index contributed by atoms with van der Waals surface area (Å²) in [4.78, 5) is 14.5. The Balaban J connectivity index is 1.73. The first-order valence-electron chi connectivity index (χ1n) is 9.14. The van der Waals surface area contributed by atoms with Gasteiger partial charge in [0.15, 0.2) is 0 Å². The molecule has 2 rings (SSSR count). The van der Waals surface area contributed by atoms with Gasteiger partial charge in [0, 0.05) is 51.7 Å². The number of rotatable bonds is 7. The van der Waals surface area contributed by atoms with E-state index in [1.54, 1.807) is 0 Å². The third-order valence-corrected chi connectivity index (χ3v) is 4.54. The van der Waals surface area contributed by atoms with Crippen molar-refractivity contribution in [3.05, 3.63) is 35.9 Å². The van der Waals surface area contributed by atoms with Gasteiger partial charge in [0.25, 0.3) is 0 Å². The van der Waals surface area contributed by atoms with Gasteiger partial charge in [-0.05, 0) is 18.4 Å². The number of esters is 1. The summed E-state index contributed by atoms with van der Waals surface area (Å²) < 4.78 is 5.39. The first-order valence-corrected chi connectivity index (χ1v) is 9.14. The third-order valence-electron chi connectivity index (χ3n) is 4.54. The van der Waals surface area contributed by atoms with Crippen LogP contribution < -0.4 is 10.6 Å². The minimum Gasteiger partial charge on any atom is -0.461 e. The summed E-state index contributed by atoms with van der Waals surface area (Å²) in [5, 5.41) is 6.89. The van der Waals surface area contributed by atoms with Crippen LogP contribution in [0, 0.1) is 0 Å². The molecule has 1 aliphatic heterocycles. The van der Waals surface area contributed by atoms with E-state index < -0.39 is 0 Å². The Hall–Kier alpha value is -1.43. The molecule has 1 aromatic rings. The molecule has 0 radical (unpaired) electrons. The van der Waals surface area contributed by atoms with Crippen molar-refractivity contribution in [1.29, 1.82) is 0 Å². The Morgan fingerprint density at radius 2 is 1.79 bits per heavy atom. The highest BCUT2D eigenvalue weighted by atomic mass is 16.5. The van der Waals surface area contributed by atoms with Gasteiger partial charge in [-0.3, -0.25) is 9.69 Å². The average Bonchev–Trinajstić information content (AvgIpc) is 2.75. The number of carbonyl (C=O) groups excluding carboxylic acids is 1. The Morgan fingerprint density at radius 3 is 2.42 bits per heavy atom. The summed E-state index contributed by atoms with van der Waals surface area (Å²) in [5.74, 6) is -0.0992. The van der Waals surface area contributed by atoms with Gasteiger partial charge < -0.3 is 15.4 Å². The fourth-order valence-electron chi connectivity index (χ4n) is 3.09. The largest absolute Gasteiger partial charge is 0.461 e. The molecule has 1 aliphatic rings. The van der Waals surface area contributed by atoms with Gasteiger partial charge >= 0.3 is 5.97 Å². The maximum Gasteiger partial charge on any atom is 0.306 e. The van der Waals surface area contributed by atoms with Crippen LogP contribution in [0.25, 0.3) is 0 Å². The molecule has 0 aliphatic carbocycles. The molecular formula is C19H31N3O2. The second-order valence-electron chi connectivity index (χ2n) is 6.28. The number of nitrogens with one attached hydrogen (secondary N) is 2. The predicted molar refractivity (Wildman–Crippen MR) is 96.9 cm³/mol. The number of hydrogen-bond acceptors (Lipinski definition) is 5. The lowest BCUT2D eigenvalue weighted by Gasteiger charge is -2.30. The van der Waals surface area contributed by atoms with E-state index in [-0.39, 0.29) is 5.97 Å². The molecule has 1 fully saturated rings. The van der Waals surface area contributed by atoms with Gasteiger partial charge in [-0.15, -0.1) is 0 Å². The Morgan fingerprint density at radius 1 is 1.12 bits per heavy atom. The van der Waals surface area contributed by atoms with Gasteiger partial charge in [0.1, 0.15) is 6.61 Å². The summed E-state index contributed by atoms with van der Waals surface area (Å²) in [6.07, 6.45) is 2.42. The van der Waals surface area contributed by atoms with Crippen LogP contribution >= 0.6 is 0 Å². The molecule has 0 spiro atoms. The summed E-state index contributed by atoms with van der Waals surface area (Å²) in [7, 11) is 0. The Kier molecular flexibility index (Phi) is 8.81. The first-order chi connectivity index (χ1) is 11.8. The van der Waals surface area contributed by atoms with Crippen LogP contribution in [0.2, 0.25) is 0 Å². The lowest BCUT2D eigenvalue weighted by Crippen LogP contribution is -2.41. The maximum atomic E-state index is 12.0. The highest BCUT2D eigenvalue weighted by Crippen LogP contribution is 2.12. The van der Waals surface area contributed by atoms with Crippen molar-refractivity contribution in [1.82, 2.24) is 15.5 Å². The van der Waals surface area contributed by atoms with E-state index in [4.69, 9.17) is 4.74 Å². The van der Waals surface area contributed by atoms with Crippen molar-refractivity contribution in [3.63, 3.8) is 0 Å². The lowest BCUT2D eigenvalue weighted by molar-refractivity contribution is -0.145. The maximum absolute atomic E-state index is 12.0. The van der Waals surface area contributed by atoms with E-state index in [0.29, 0.717) is 19.1 Å². The van der Waals surface area contributed by atoms with Crippen molar-refractivity contribution >= 4 is 5.97 Å². The predicted octanol–water partition coefficient (Wildman–Crippen LogP) is 1.78. The minimum absolute atomic E-state index is 0.0992. The molecule has 0 saturated carbocycles. The van der Waals surface area contributed by atoms with Gasteiger partial charge in [-0.1, -0.05) is 37.3 Å². The molecule has 2 N–H and O–H groups in total. The van der Waals surface area contributed by atoms with Crippen molar-refractivity contribution in [2.24, 2.45) is 0 Å². The molecular weight excluding hydrogens is 302 g/mol. The molecule has 1 saturated heterocycles. The number of ether oxygens (including phenoxy) is 1. The molecule has 5 nitrogen and oxygen atoms in total. The summed E-state index contributed by atoms with van der Waals surface area (Å²) in [6, 6.07) is 10.3. The van der Waals surface area contributed by atoms with Gasteiger partial charge in [-0.25, -0.2) is 0 Å². The SMILES string of the molecule is CCC(CCC(=O)OCc1ccccc1)N1CCNCCNCC1. The number of hydrogen-bond donors (Lipinski definition) is 2. The quantitative estimate of drug-likeness (QED) is 0.745. The van der Waals surface area contributed by atoms with E-state index in [1.807, 2.05) is 30.3 Å². The van der Waals surface area contributed by atoms with E-state index in [1.165, 1.54) is 0 Å². The summed E-state index contributed by atoms with van der Waals surface area (Å²) in [6.45, 7) is 8.72. The fraction of sp³-hybridized carbons (Fsp3) is 0.632. The molecule has 1 heterocycles. The molecule has 0 bridgehead atoms. The van der Waals surface area contributed by atoms with Crippen molar-refractivity contribution in [3.8, 4) is 0 Å². The van der Waals surface area contributed by atoms with Crippen LogP contribution in [0.15, 0.2) is 30.3 Å². The van der Waals surface area contributed by atoms with Gasteiger partial charge in [0.2, 0.25) is 0 Å². The monoisotopic (exact) mass is 333 g/mol. The third kappa shape index (κ3) is 6.99. The summed E-state index contributed by atoms with van der Waals surface area (Å²) in [5.41, 5.74) is 1.04.